The van der Waals surface area contributed by atoms with E-state index in [1.165, 1.54) is 18.2 Å². The van der Waals surface area contributed by atoms with Crippen molar-refractivity contribution in [3.63, 3.8) is 0 Å². The third kappa shape index (κ3) is 1.99. The van der Waals surface area contributed by atoms with E-state index in [-0.39, 0.29) is 0 Å². The highest BCUT2D eigenvalue weighted by Crippen LogP contribution is 2.36. The third-order valence-electron chi connectivity index (χ3n) is 4.63. The van der Waals surface area contributed by atoms with E-state index in [0.717, 1.165) is 36.1 Å². The Hall–Kier alpha value is -1.54. The molecule has 1 aliphatic carbocycles. The molecular weight excluding hydrogens is 268 g/mol. The quantitative estimate of drug-likeness (QED) is 0.574. The predicted octanol–water partition coefficient (Wildman–Crippen LogP) is 4.29. The summed E-state index contributed by atoms with van der Waals surface area (Å²) in [6, 6.07) is 10.4. The van der Waals surface area contributed by atoms with Crippen molar-refractivity contribution in [2.75, 3.05) is 18.0 Å². The first-order valence-corrected chi connectivity index (χ1v) is 7.64. The van der Waals surface area contributed by atoms with Gasteiger partial charge in [0.05, 0.1) is 0 Å². The molecule has 1 aromatic heterocycles. The molecule has 0 radical (unpaired) electrons. The normalized spacial score (nSPS) is 25.1. The minimum absolute atomic E-state index is 0.617. The summed E-state index contributed by atoms with van der Waals surface area (Å²) in [6.45, 7) is 2.22. The number of rotatable bonds is 1. The maximum absolute atomic E-state index is 6.34. The second kappa shape index (κ2) is 4.78. The maximum Gasteiger partial charge on any atom is 0.139 e. The second-order valence-electron chi connectivity index (χ2n) is 5.86. The summed E-state index contributed by atoms with van der Waals surface area (Å²) in [5.74, 6) is 2.60. The Bertz CT molecular complexity index is 664. The molecule has 2 nitrogen and oxygen atoms in total. The van der Waals surface area contributed by atoms with Crippen LogP contribution in [-0.4, -0.2) is 18.1 Å². The van der Waals surface area contributed by atoms with E-state index in [9.17, 15) is 0 Å². The van der Waals surface area contributed by atoms with Crippen LogP contribution in [0.1, 0.15) is 12.8 Å². The SMILES string of the molecule is Clc1nc(N2CC3CC=CCC3C2)cc2ccccc12. The molecule has 20 heavy (non-hydrogen) atoms. The van der Waals surface area contributed by atoms with Gasteiger partial charge in [-0.15, -0.1) is 0 Å². The highest BCUT2D eigenvalue weighted by atomic mass is 35.5. The largest absolute Gasteiger partial charge is 0.356 e. The van der Waals surface area contributed by atoms with Gasteiger partial charge in [0, 0.05) is 18.5 Å². The standard InChI is InChI=1S/C17H17ClN2/c18-17-15-8-4-3-5-12(15)9-16(19-17)20-10-13-6-1-2-7-14(13)11-20/h1-5,8-9,13-14H,6-7,10-11H2. The lowest BCUT2D eigenvalue weighted by atomic mass is 9.86. The van der Waals surface area contributed by atoms with E-state index >= 15 is 0 Å². The fourth-order valence-corrected chi connectivity index (χ4v) is 3.77. The molecule has 2 aliphatic rings. The van der Waals surface area contributed by atoms with Crippen LogP contribution in [0.3, 0.4) is 0 Å². The average Bonchev–Trinajstić information content (AvgIpc) is 2.91. The van der Waals surface area contributed by atoms with Crippen molar-refractivity contribution in [2.45, 2.75) is 12.8 Å². The number of pyridine rings is 1. The van der Waals surface area contributed by atoms with Crippen molar-refractivity contribution in [1.29, 1.82) is 0 Å². The first-order chi connectivity index (χ1) is 9.81. The van der Waals surface area contributed by atoms with E-state index < -0.39 is 0 Å². The number of aromatic nitrogens is 1. The number of halogens is 1. The first kappa shape index (κ1) is 12.2. The summed E-state index contributed by atoms with van der Waals surface area (Å²) in [6.07, 6.45) is 7.07. The Morgan fingerprint density at radius 1 is 1.05 bits per heavy atom. The van der Waals surface area contributed by atoms with Crippen LogP contribution in [0.25, 0.3) is 10.8 Å². The summed E-state index contributed by atoms with van der Waals surface area (Å²) in [5, 5.41) is 2.83. The maximum atomic E-state index is 6.34. The lowest BCUT2D eigenvalue weighted by Gasteiger charge is -2.18. The zero-order valence-electron chi connectivity index (χ0n) is 11.3. The van der Waals surface area contributed by atoms with Crippen molar-refractivity contribution in [1.82, 2.24) is 4.98 Å². The minimum Gasteiger partial charge on any atom is -0.356 e. The molecule has 2 heterocycles. The van der Waals surface area contributed by atoms with Gasteiger partial charge in [-0.25, -0.2) is 4.98 Å². The molecule has 4 rings (SSSR count). The molecular formula is C17H17ClN2. The molecule has 102 valence electrons. The van der Waals surface area contributed by atoms with Crippen molar-refractivity contribution in [3.05, 3.63) is 47.6 Å². The van der Waals surface area contributed by atoms with E-state index in [1.54, 1.807) is 0 Å². The van der Waals surface area contributed by atoms with Crippen LogP contribution in [0.4, 0.5) is 5.82 Å². The molecule has 1 saturated heterocycles. The van der Waals surface area contributed by atoms with Gasteiger partial charge in [-0.1, -0.05) is 48.0 Å². The van der Waals surface area contributed by atoms with Crippen LogP contribution in [0.2, 0.25) is 5.15 Å². The van der Waals surface area contributed by atoms with Crippen molar-refractivity contribution < 1.29 is 0 Å². The molecule has 1 fully saturated rings. The Kier molecular flexibility index (Phi) is 2.92. The Balaban J connectivity index is 1.69. The molecule has 2 unspecified atom stereocenters. The van der Waals surface area contributed by atoms with E-state index in [2.05, 4.69) is 40.2 Å². The molecule has 1 aliphatic heterocycles. The fraction of sp³-hybridized carbons (Fsp3) is 0.353. The minimum atomic E-state index is 0.617. The summed E-state index contributed by atoms with van der Waals surface area (Å²) in [7, 11) is 0. The molecule has 3 heteroatoms. The molecule has 0 N–H and O–H groups in total. The van der Waals surface area contributed by atoms with Gasteiger partial charge in [-0.2, -0.15) is 0 Å². The average molecular weight is 285 g/mol. The monoisotopic (exact) mass is 284 g/mol. The number of anilines is 1. The molecule has 0 saturated carbocycles. The van der Waals surface area contributed by atoms with Crippen molar-refractivity contribution in [2.24, 2.45) is 11.8 Å². The van der Waals surface area contributed by atoms with Crippen LogP contribution < -0.4 is 4.90 Å². The van der Waals surface area contributed by atoms with Gasteiger partial charge in [0.25, 0.3) is 0 Å². The van der Waals surface area contributed by atoms with Gasteiger partial charge in [0.15, 0.2) is 0 Å². The highest BCUT2D eigenvalue weighted by molar-refractivity contribution is 6.34. The van der Waals surface area contributed by atoms with E-state index in [1.807, 2.05) is 12.1 Å². The van der Waals surface area contributed by atoms with Crippen LogP contribution in [0.5, 0.6) is 0 Å². The van der Waals surface area contributed by atoms with Crippen LogP contribution in [-0.2, 0) is 0 Å². The Morgan fingerprint density at radius 3 is 2.50 bits per heavy atom. The second-order valence-corrected chi connectivity index (χ2v) is 6.22. The van der Waals surface area contributed by atoms with Crippen LogP contribution >= 0.6 is 11.6 Å². The van der Waals surface area contributed by atoms with Crippen LogP contribution in [0.15, 0.2) is 42.5 Å². The van der Waals surface area contributed by atoms with Gasteiger partial charge in [-0.05, 0) is 36.1 Å². The lowest BCUT2D eigenvalue weighted by molar-refractivity contribution is 0.411. The number of allylic oxidation sites excluding steroid dienone is 2. The Labute approximate surface area is 124 Å². The summed E-state index contributed by atoms with van der Waals surface area (Å²) >= 11 is 6.34. The fourth-order valence-electron chi connectivity index (χ4n) is 3.51. The van der Waals surface area contributed by atoms with Crippen molar-refractivity contribution >= 4 is 28.2 Å². The third-order valence-corrected chi connectivity index (χ3v) is 4.91. The molecule has 1 aromatic carbocycles. The number of nitrogens with zero attached hydrogens (tertiary/aromatic N) is 2. The van der Waals surface area contributed by atoms with Gasteiger partial charge in [-0.3, -0.25) is 0 Å². The van der Waals surface area contributed by atoms with Crippen molar-refractivity contribution in [3.8, 4) is 0 Å². The summed E-state index contributed by atoms with van der Waals surface area (Å²) < 4.78 is 0. The van der Waals surface area contributed by atoms with E-state index in [0.29, 0.717) is 5.15 Å². The zero-order valence-corrected chi connectivity index (χ0v) is 12.1. The number of benzene rings is 1. The summed E-state index contributed by atoms with van der Waals surface area (Å²) in [5.41, 5.74) is 0. The number of hydrogen-bond acceptors (Lipinski definition) is 2. The molecule has 0 spiro atoms. The first-order valence-electron chi connectivity index (χ1n) is 7.26. The Morgan fingerprint density at radius 2 is 1.75 bits per heavy atom. The zero-order chi connectivity index (χ0) is 13.5. The number of hydrogen-bond donors (Lipinski definition) is 0. The van der Waals surface area contributed by atoms with Gasteiger partial charge >= 0.3 is 0 Å². The topological polar surface area (TPSA) is 16.1 Å². The van der Waals surface area contributed by atoms with Gasteiger partial charge < -0.3 is 4.90 Å². The van der Waals surface area contributed by atoms with Gasteiger partial charge in [0.2, 0.25) is 0 Å². The van der Waals surface area contributed by atoms with Gasteiger partial charge in [0.1, 0.15) is 11.0 Å². The molecule has 2 atom stereocenters. The summed E-state index contributed by atoms with van der Waals surface area (Å²) in [4.78, 5) is 7.02. The highest BCUT2D eigenvalue weighted by Gasteiger charge is 2.33. The van der Waals surface area contributed by atoms with Crippen LogP contribution in [0, 0.1) is 11.8 Å². The van der Waals surface area contributed by atoms with E-state index in [4.69, 9.17) is 11.6 Å². The molecule has 2 aromatic rings. The molecule has 0 amide bonds. The smallest absolute Gasteiger partial charge is 0.139 e. The lowest BCUT2D eigenvalue weighted by Crippen LogP contribution is -2.21. The molecule has 0 bridgehead atoms. The predicted molar refractivity (Wildman–Crippen MR) is 84.3 cm³/mol. The number of fused-ring (bicyclic) bond motifs is 2.